The van der Waals surface area contributed by atoms with Gasteiger partial charge in [0.05, 0.1) is 16.7 Å². The monoisotopic (exact) mass is 555 g/mol. The number of furan rings is 1. The van der Waals surface area contributed by atoms with E-state index in [9.17, 15) is 18.6 Å². The van der Waals surface area contributed by atoms with Gasteiger partial charge in [-0.1, -0.05) is 43.0 Å². The van der Waals surface area contributed by atoms with Crippen molar-refractivity contribution >= 4 is 33.5 Å². The first-order valence-electron chi connectivity index (χ1n) is 12.3. The number of nitrogens with zero attached hydrogens (tertiary/aromatic N) is 2. The first-order valence-corrected chi connectivity index (χ1v) is 13.7. The molecule has 1 N–H and O–H groups in total. The van der Waals surface area contributed by atoms with Gasteiger partial charge in [0.1, 0.15) is 0 Å². The van der Waals surface area contributed by atoms with Gasteiger partial charge in [-0.25, -0.2) is 4.21 Å². The average Bonchev–Trinajstić information content (AvgIpc) is 3.39. The second kappa shape index (κ2) is 12.7. The van der Waals surface area contributed by atoms with Crippen molar-refractivity contribution in [2.45, 2.75) is 31.6 Å². The fourth-order valence-corrected chi connectivity index (χ4v) is 4.88. The van der Waals surface area contributed by atoms with Crippen LogP contribution in [0.25, 0.3) is 0 Å². The number of carbonyl (C=O) groups excluding carboxylic acids is 3. The predicted octanol–water partition coefficient (Wildman–Crippen LogP) is 5.56. The van der Waals surface area contributed by atoms with Crippen molar-refractivity contribution in [3.8, 4) is 11.8 Å². The lowest BCUT2D eigenvalue weighted by atomic mass is 10.1. The number of hydrogen-bond acceptors (Lipinski definition) is 7. The molecule has 0 fully saturated rings. The van der Waals surface area contributed by atoms with Gasteiger partial charge in [0.25, 0.3) is 11.8 Å². The lowest BCUT2D eigenvalue weighted by Gasteiger charge is -2.10. The molecule has 0 bridgehead atoms. The van der Waals surface area contributed by atoms with Gasteiger partial charge in [-0.15, -0.1) is 4.36 Å². The molecule has 4 rings (SSSR count). The van der Waals surface area contributed by atoms with Crippen molar-refractivity contribution in [2.24, 2.45) is 4.36 Å². The van der Waals surface area contributed by atoms with Crippen molar-refractivity contribution < 1.29 is 27.2 Å². The van der Waals surface area contributed by atoms with Crippen LogP contribution in [-0.2, 0) is 19.0 Å². The summed E-state index contributed by atoms with van der Waals surface area (Å²) in [4.78, 5) is 41.7. The summed E-state index contributed by atoms with van der Waals surface area (Å²) in [5.74, 6) is 4.16. The van der Waals surface area contributed by atoms with E-state index in [-0.39, 0.29) is 28.5 Å². The van der Waals surface area contributed by atoms with Crippen LogP contribution in [0, 0.1) is 18.8 Å². The average molecular weight is 556 g/mol. The molecule has 0 aliphatic carbocycles. The Morgan fingerprint density at radius 3 is 2.50 bits per heavy atom. The summed E-state index contributed by atoms with van der Waals surface area (Å²) in [7, 11) is -3.82. The van der Waals surface area contributed by atoms with E-state index in [1.165, 1.54) is 36.9 Å². The fraction of sp³-hybridized carbons (Fsp3) is 0.133. The highest BCUT2D eigenvalue weighted by Crippen LogP contribution is 2.19. The van der Waals surface area contributed by atoms with E-state index in [0.29, 0.717) is 23.2 Å². The van der Waals surface area contributed by atoms with Crippen LogP contribution in [0.3, 0.4) is 0 Å². The lowest BCUT2D eigenvalue weighted by molar-refractivity contribution is -0.133. The SMILES string of the molecule is CCCC(=O)O[S@](=O)(=NC(=O)c1cncc(C#Cc2cccc(NC(=O)c3occc3C)c2)c1)c1ccccc1. The zero-order chi connectivity index (χ0) is 28.5. The minimum atomic E-state index is -3.82. The number of pyridine rings is 1. The minimum Gasteiger partial charge on any atom is -0.459 e. The number of aromatic nitrogens is 1. The molecule has 0 aliphatic heterocycles. The summed E-state index contributed by atoms with van der Waals surface area (Å²) >= 11 is 0. The molecule has 202 valence electrons. The second-order valence-electron chi connectivity index (χ2n) is 8.57. The maximum Gasteiger partial charge on any atom is 0.320 e. The second-order valence-corrected chi connectivity index (χ2v) is 10.3. The molecular formula is C30H25N3O6S. The third-order valence-electron chi connectivity index (χ3n) is 5.43. The normalized spacial score (nSPS) is 11.8. The van der Waals surface area contributed by atoms with Crippen molar-refractivity contribution in [1.82, 2.24) is 4.98 Å². The summed E-state index contributed by atoms with van der Waals surface area (Å²) in [5.41, 5.74) is 2.28. The number of rotatable bonds is 7. The van der Waals surface area contributed by atoms with E-state index in [2.05, 4.69) is 26.5 Å². The molecule has 9 nitrogen and oxygen atoms in total. The molecular weight excluding hydrogens is 530 g/mol. The third-order valence-corrected chi connectivity index (χ3v) is 7.12. The van der Waals surface area contributed by atoms with Crippen LogP contribution in [0.2, 0.25) is 0 Å². The Kier molecular flexibility index (Phi) is 8.89. The quantitative estimate of drug-likeness (QED) is 0.296. The summed E-state index contributed by atoms with van der Waals surface area (Å²) in [6.45, 7) is 3.56. The van der Waals surface area contributed by atoms with Crippen molar-refractivity contribution in [2.75, 3.05) is 5.32 Å². The van der Waals surface area contributed by atoms with Crippen LogP contribution >= 0.6 is 0 Å². The Labute approximate surface area is 232 Å². The van der Waals surface area contributed by atoms with Gasteiger partial charge in [0.2, 0.25) is 10.0 Å². The molecule has 0 unspecified atom stereocenters. The smallest absolute Gasteiger partial charge is 0.320 e. The van der Waals surface area contributed by atoms with Gasteiger partial charge in [-0.3, -0.25) is 19.4 Å². The number of nitrogens with one attached hydrogen (secondary N) is 1. The summed E-state index contributed by atoms with van der Waals surface area (Å²) in [6.07, 6.45) is 4.70. The molecule has 0 radical (unpaired) electrons. The topological polar surface area (TPSA) is 128 Å². The van der Waals surface area contributed by atoms with E-state index in [1.807, 2.05) is 0 Å². The zero-order valence-corrected chi connectivity index (χ0v) is 22.6. The molecule has 4 aromatic rings. The van der Waals surface area contributed by atoms with Gasteiger partial charge < -0.3 is 13.9 Å². The molecule has 0 saturated carbocycles. The van der Waals surface area contributed by atoms with Crippen molar-refractivity contribution in [1.29, 1.82) is 0 Å². The molecule has 10 heteroatoms. The molecule has 2 aromatic heterocycles. The third kappa shape index (κ3) is 7.09. The van der Waals surface area contributed by atoms with Gasteiger partial charge in [-0.2, -0.15) is 0 Å². The Bertz CT molecular complexity index is 1740. The van der Waals surface area contributed by atoms with Crippen LogP contribution in [0.15, 0.2) is 99.1 Å². The van der Waals surface area contributed by atoms with Gasteiger partial charge in [0, 0.05) is 41.2 Å². The number of benzene rings is 2. The number of hydrogen-bond donors (Lipinski definition) is 1. The van der Waals surface area contributed by atoms with Crippen LogP contribution in [0.4, 0.5) is 5.69 Å². The molecule has 0 saturated heterocycles. The van der Waals surface area contributed by atoms with E-state index in [1.54, 1.807) is 62.4 Å². The van der Waals surface area contributed by atoms with Crippen LogP contribution in [-0.4, -0.2) is 27.0 Å². The van der Waals surface area contributed by atoms with Crippen LogP contribution < -0.4 is 5.32 Å². The van der Waals surface area contributed by atoms with Gasteiger partial charge in [0.15, 0.2) is 5.76 Å². The summed E-state index contributed by atoms with van der Waals surface area (Å²) in [6, 6.07) is 18.0. The maximum absolute atomic E-state index is 13.5. The van der Waals surface area contributed by atoms with Crippen molar-refractivity contribution in [3.63, 3.8) is 0 Å². The fourth-order valence-electron chi connectivity index (χ4n) is 3.48. The lowest BCUT2D eigenvalue weighted by Crippen LogP contribution is -2.15. The molecule has 0 aliphatic rings. The Hall–Kier alpha value is -5.01. The molecule has 1 atom stereocenters. The molecule has 40 heavy (non-hydrogen) atoms. The minimum absolute atomic E-state index is 0.0248. The largest absolute Gasteiger partial charge is 0.459 e. The van der Waals surface area contributed by atoms with Crippen LogP contribution in [0.5, 0.6) is 0 Å². The van der Waals surface area contributed by atoms with E-state index < -0.39 is 21.9 Å². The highest BCUT2D eigenvalue weighted by Gasteiger charge is 2.21. The Balaban J connectivity index is 1.56. The van der Waals surface area contributed by atoms with Crippen molar-refractivity contribution in [3.05, 3.63) is 113 Å². The van der Waals surface area contributed by atoms with Gasteiger partial charge in [-0.05, 0) is 55.8 Å². The van der Waals surface area contributed by atoms with E-state index in [4.69, 9.17) is 8.60 Å². The van der Waals surface area contributed by atoms with E-state index in [0.717, 1.165) is 5.56 Å². The zero-order valence-electron chi connectivity index (χ0n) is 21.7. The van der Waals surface area contributed by atoms with Crippen LogP contribution in [0.1, 0.15) is 57.4 Å². The number of amides is 2. The molecule has 2 aromatic carbocycles. The molecule has 2 amide bonds. The van der Waals surface area contributed by atoms with E-state index >= 15 is 0 Å². The Morgan fingerprint density at radius 2 is 1.77 bits per heavy atom. The summed E-state index contributed by atoms with van der Waals surface area (Å²) in [5, 5.41) is 2.77. The summed E-state index contributed by atoms with van der Waals surface area (Å²) < 4.78 is 27.7. The highest BCUT2D eigenvalue weighted by molar-refractivity contribution is 7.89. The molecule has 0 spiro atoms. The highest BCUT2D eigenvalue weighted by atomic mass is 32.2. The maximum atomic E-state index is 13.5. The first kappa shape index (κ1) is 28.0. The molecule has 2 heterocycles. The number of anilines is 1. The van der Waals surface area contributed by atoms with Gasteiger partial charge >= 0.3 is 5.97 Å². The predicted molar refractivity (Wildman–Crippen MR) is 149 cm³/mol. The first-order chi connectivity index (χ1) is 19.3. The number of carbonyl (C=O) groups is 3. The number of aryl methyl sites for hydroxylation is 1. The Morgan fingerprint density at radius 1 is 1.00 bits per heavy atom. The standard InChI is InChI=1S/C30H25N3O6S/c1-3-8-27(34)39-40(37,26-11-5-4-6-12-26)33-29(35)24-17-23(19-31-20-24)14-13-22-9-7-10-25(18-22)32-30(36)28-21(2)15-16-38-28/h4-7,9-12,15-20H,3,8H2,1-2H3,(H,32,36)/t40-/m0/s1.